The van der Waals surface area contributed by atoms with Gasteiger partial charge in [-0.05, 0) is 37.6 Å². The van der Waals surface area contributed by atoms with E-state index < -0.39 is 47.2 Å². The van der Waals surface area contributed by atoms with E-state index in [0.717, 1.165) is 19.2 Å². The summed E-state index contributed by atoms with van der Waals surface area (Å²) in [6, 6.07) is 5.05. The van der Waals surface area contributed by atoms with Crippen molar-refractivity contribution < 1.29 is 36.6 Å². The Balaban J connectivity index is 2.05. The molecule has 0 spiro atoms. The Hall–Kier alpha value is -4.16. The average Bonchev–Trinajstić information content (AvgIpc) is 2.78. The van der Waals surface area contributed by atoms with E-state index in [9.17, 15) is 31.9 Å². The molecule has 0 bridgehead atoms. The average molecular weight is 497 g/mol. The summed E-state index contributed by atoms with van der Waals surface area (Å²) in [4.78, 5) is 40.5. The summed E-state index contributed by atoms with van der Waals surface area (Å²) in [5.41, 5.74) is -4.66. The molecular formula is C22H19F4N3O6. The van der Waals surface area contributed by atoms with Crippen molar-refractivity contribution in [2.24, 2.45) is 7.05 Å². The van der Waals surface area contributed by atoms with Gasteiger partial charge in [0.05, 0.1) is 12.3 Å². The number of halogens is 4. The number of carbonyl (C=O) groups excluding carboxylic acids is 1. The summed E-state index contributed by atoms with van der Waals surface area (Å²) in [5, 5.41) is 0. The summed E-state index contributed by atoms with van der Waals surface area (Å²) in [5.74, 6) is -1.84. The van der Waals surface area contributed by atoms with E-state index >= 15 is 0 Å². The molecule has 9 nitrogen and oxygen atoms in total. The van der Waals surface area contributed by atoms with E-state index in [1.165, 1.54) is 25.3 Å². The van der Waals surface area contributed by atoms with Crippen molar-refractivity contribution in [3.8, 4) is 23.1 Å². The van der Waals surface area contributed by atoms with Crippen LogP contribution in [0.15, 0.2) is 46.1 Å². The fourth-order valence-corrected chi connectivity index (χ4v) is 3.05. The third-order valence-electron chi connectivity index (χ3n) is 4.68. The highest BCUT2D eigenvalue weighted by Gasteiger charge is 2.35. The maximum atomic E-state index is 14.8. The monoisotopic (exact) mass is 497 g/mol. The van der Waals surface area contributed by atoms with Crippen LogP contribution in [0, 0.1) is 12.7 Å². The molecule has 0 radical (unpaired) electrons. The number of hydrogen-bond donors (Lipinski definition) is 0. The van der Waals surface area contributed by atoms with Gasteiger partial charge in [0.15, 0.2) is 12.4 Å². The van der Waals surface area contributed by atoms with Crippen LogP contribution >= 0.6 is 0 Å². The smallest absolute Gasteiger partial charge is 0.431 e. The van der Waals surface area contributed by atoms with Gasteiger partial charge in [-0.15, -0.1) is 0 Å². The lowest BCUT2D eigenvalue weighted by atomic mass is 10.2. The molecular weight excluding hydrogens is 478 g/mol. The predicted octanol–water partition coefficient (Wildman–Crippen LogP) is 3.13. The number of pyridine rings is 1. The molecule has 2 heterocycles. The van der Waals surface area contributed by atoms with Gasteiger partial charge in [0.2, 0.25) is 0 Å². The van der Waals surface area contributed by atoms with Crippen LogP contribution in [-0.4, -0.2) is 33.3 Å². The minimum atomic E-state index is -4.97. The van der Waals surface area contributed by atoms with E-state index in [-0.39, 0.29) is 44.7 Å². The molecule has 0 N–H and O–H groups in total. The Morgan fingerprint density at radius 1 is 1.14 bits per heavy atom. The van der Waals surface area contributed by atoms with Gasteiger partial charge >= 0.3 is 17.8 Å². The molecule has 1 aromatic carbocycles. The number of alkyl halides is 3. The standard InChI is InChI=1S/C22H19F4N3O6/c1-4-33-19(31)11-34-20-15(6-5-7-27-20)35-16-9-14(13(23)8-12(16)2)29-18(30)10-17(22(24,25)26)28(3)21(29)32/h5-10H,4,11H2,1-3H3. The molecule has 35 heavy (non-hydrogen) atoms. The zero-order chi connectivity index (χ0) is 25.9. The first-order valence-corrected chi connectivity index (χ1v) is 10.1. The first-order chi connectivity index (χ1) is 16.4. The van der Waals surface area contributed by atoms with Crippen molar-refractivity contribution in [2.75, 3.05) is 13.2 Å². The van der Waals surface area contributed by atoms with Gasteiger partial charge < -0.3 is 14.2 Å². The molecule has 186 valence electrons. The van der Waals surface area contributed by atoms with E-state index in [4.69, 9.17) is 14.2 Å². The van der Waals surface area contributed by atoms with Crippen LogP contribution in [0.1, 0.15) is 18.2 Å². The number of rotatable bonds is 7. The van der Waals surface area contributed by atoms with Crippen molar-refractivity contribution in [1.82, 2.24) is 14.1 Å². The largest absolute Gasteiger partial charge is 0.463 e. The fraction of sp³-hybridized carbons (Fsp3) is 0.273. The van der Waals surface area contributed by atoms with Gasteiger partial charge in [-0.25, -0.2) is 23.5 Å². The molecule has 0 aliphatic heterocycles. The molecule has 0 amide bonds. The maximum Gasteiger partial charge on any atom is 0.431 e. The highest BCUT2D eigenvalue weighted by atomic mass is 19.4. The second kappa shape index (κ2) is 9.99. The summed E-state index contributed by atoms with van der Waals surface area (Å²) in [7, 11) is 0.813. The summed E-state index contributed by atoms with van der Waals surface area (Å²) >= 11 is 0. The van der Waals surface area contributed by atoms with Crippen molar-refractivity contribution in [2.45, 2.75) is 20.0 Å². The normalized spacial score (nSPS) is 11.3. The molecule has 0 unspecified atom stereocenters. The maximum absolute atomic E-state index is 14.8. The molecule has 2 aromatic heterocycles. The third kappa shape index (κ3) is 5.50. The van der Waals surface area contributed by atoms with Gasteiger partial charge in [-0.2, -0.15) is 13.2 Å². The molecule has 0 aliphatic carbocycles. The molecule has 0 saturated carbocycles. The lowest BCUT2D eigenvalue weighted by molar-refractivity contribution is -0.145. The summed E-state index contributed by atoms with van der Waals surface area (Å²) in [6.45, 7) is 2.77. The molecule has 0 aliphatic rings. The van der Waals surface area contributed by atoms with Crippen molar-refractivity contribution >= 4 is 5.97 Å². The minimum Gasteiger partial charge on any atom is -0.463 e. The van der Waals surface area contributed by atoms with E-state index in [2.05, 4.69) is 4.98 Å². The van der Waals surface area contributed by atoms with E-state index in [0.29, 0.717) is 0 Å². The van der Waals surface area contributed by atoms with Crippen molar-refractivity contribution in [3.63, 3.8) is 0 Å². The van der Waals surface area contributed by atoms with Crippen LogP contribution in [0.4, 0.5) is 17.6 Å². The van der Waals surface area contributed by atoms with Crippen LogP contribution < -0.4 is 20.7 Å². The first-order valence-electron chi connectivity index (χ1n) is 10.1. The highest BCUT2D eigenvalue weighted by molar-refractivity contribution is 5.71. The Labute approximate surface area is 195 Å². The summed E-state index contributed by atoms with van der Waals surface area (Å²) < 4.78 is 70.4. The van der Waals surface area contributed by atoms with Gasteiger partial charge in [-0.3, -0.25) is 9.36 Å². The number of esters is 1. The molecule has 0 atom stereocenters. The van der Waals surface area contributed by atoms with Crippen molar-refractivity contribution in [3.05, 3.63) is 74.4 Å². The molecule has 13 heteroatoms. The van der Waals surface area contributed by atoms with Crippen molar-refractivity contribution in [1.29, 1.82) is 0 Å². The van der Waals surface area contributed by atoms with Gasteiger partial charge in [0.1, 0.15) is 17.3 Å². The molecule has 0 fully saturated rings. The summed E-state index contributed by atoms with van der Waals surface area (Å²) in [6.07, 6.45) is -3.60. The fourth-order valence-electron chi connectivity index (χ4n) is 3.05. The lowest BCUT2D eigenvalue weighted by Crippen LogP contribution is -2.41. The number of aryl methyl sites for hydroxylation is 1. The minimum absolute atomic E-state index is 0.00475. The van der Waals surface area contributed by atoms with Gasteiger partial charge in [-0.1, -0.05) is 0 Å². The van der Waals surface area contributed by atoms with Gasteiger partial charge in [0, 0.05) is 25.4 Å². The number of carbonyl (C=O) groups is 1. The Morgan fingerprint density at radius 2 is 1.86 bits per heavy atom. The Kier molecular flexibility index (Phi) is 7.27. The number of ether oxygens (including phenoxy) is 3. The van der Waals surface area contributed by atoms with E-state index in [1.54, 1.807) is 6.92 Å². The first kappa shape index (κ1) is 25.5. The van der Waals surface area contributed by atoms with Crippen LogP contribution in [0.25, 0.3) is 5.69 Å². The number of hydrogen-bond acceptors (Lipinski definition) is 7. The topological polar surface area (TPSA) is 102 Å². The molecule has 0 saturated heterocycles. The highest BCUT2D eigenvalue weighted by Crippen LogP contribution is 2.33. The van der Waals surface area contributed by atoms with Gasteiger partial charge in [0.25, 0.3) is 11.4 Å². The second-order valence-electron chi connectivity index (χ2n) is 7.11. The zero-order valence-electron chi connectivity index (χ0n) is 18.7. The van der Waals surface area contributed by atoms with Crippen LogP contribution in [0.3, 0.4) is 0 Å². The number of benzene rings is 1. The van der Waals surface area contributed by atoms with Crippen LogP contribution in [-0.2, 0) is 22.8 Å². The number of nitrogens with zero attached hydrogens (tertiary/aromatic N) is 3. The van der Waals surface area contributed by atoms with Crippen LogP contribution in [0.2, 0.25) is 0 Å². The van der Waals surface area contributed by atoms with Crippen LogP contribution in [0.5, 0.6) is 17.4 Å². The molecule has 3 aromatic rings. The zero-order valence-corrected chi connectivity index (χ0v) is 18.7. The quantitative estimate of drug-likeness (QED) is 0.365. The Bertz CT molecular complexity index is 1380. The Morgan fingerprint density at radius 3 is 2.51 bits per heavy atom. The van der Waals surface area contributed by atoms with E-state index in [1.807, 2.05) is 0 Å². The second-order valence-corrected chi connectivity index (χ2v) is 7.11. The third-order valence-corrected chi connectivity index (χ3v) is 4.68. The lowest BCUT2D eigenvalue weighted by Gasteiger charge is -2.16. The molecule has 3 rings (SSSR count). The predicted molar refractivity (Wildman–Crippen MR) is 113 cm³/mol. The SMILES string of the molecule is CCOC(=O)COc1ncccc1Oc1cc(-n2c(=O)cc(C(F)(F)F)n(C)c2=O)c(F)cc1C. The number of aromatic nitrogens is 3.